The van der Waals surface area contributed by atoms with E-state index in [4.69, 9.17) is 10.2 Å². The van der Waals surface area contributed by atoms with Crippen molar-refractivity contribution in [3.8, 4) is 0 Å². The molecule has 2 atom stereocenters. The van der Waals surface area contributed by atoms with E-state index in [1.54, 1.807) is 11.7 Å². The van der Waals surface area contributed by atoms with E-state index in [2.05, 4.69) is 15.6 Å². The first-order valence-corrected chi connectivity index (χ1v) is 5.71. The van der Waals surface area contributed by atoms with Crippen LogP contribution in [-0.2, 0) is 11.3 Å². The van der Waals surface area contributed by atoms with Crippen LogP contribution in [0.5, 0.6) is 0 Å². The fraction of sp³-hybridized carbons (Fsp3) is 0.444. The highest BCUT2D eigenvalue weighted by atomic mass is 32.1. The first-order chi connectivity index (χ1) is 8.00. The molecule has 0 spiro atoms. The number of carbonyl (C=O) groups excluding carboxylic acids is 1. The van der Waals surface area contributed by atoms with Gasteiger partial charge in [0.05, 0.1) is 18.2 Å². The molecule has 1 heterocycles. The third-order valence-electron chi connectivity index (χ3n) is 1.94. The molecule has 0 fully saturated rings. The van der Waals surface area contributed by atoms with E-state index in [9.17, 15) is 9.59 Å². The van der Waals surface area contributed by atoms with Crippen LogP contribution < -0.4 is 10.6 Å². The molecule has 8 heteroatoms. The van der Waals surface area contributed by atoms with Crippen molar-refractivity contribution in [3.63, 3.8) is 0 Å². The van der Waals surface area contributed by atoms with Crippen LogP contribution in [0.1, 0.15) is 11.8 Å². The highest BCUT2D eigenvalue weighted by Crippen LogP contribution is 2.03. The molecule has 0 aliphatic rings. The van der Waals surface area contributed by atoms with E-state index in [1.807, 2.05) is 0 Å². The van der Waals surface area contributed by atoms with Crippen LogP contribution in [-0.4, -0.2) is 39.3 Å². The molecule has 0 bridgehead atoms. The van der Waals surface area contributed by atoms with Gasteiger partial charge in [-0.2, -0.15) is 0 Å². The summed E-state index contributed by atoms with van der Waals surface area (Å²) in [5.41, 5.74) is 1.63. The topological polar surface area (TPSA) is 112 Å². The molecular formula is C9H13N3O4S. The van der Waals surface area contributed by atoms with Gasteiger partial charge in [0.2, 0.25) is 0 Å². The average Bonchev–Trinajstić information content (AvgIpc) is 2.74. The molecule has 7 nitrogen and oxygen atoms in total. The molecule has 0 unspecified atom stereocenters. The highest BCUT2D eigenvalue weighted by molar-refractivity contribution is 7.09. The number of amides is 2. The Balaban J connectivity index is 2.40. The quantitative estimate of drug-likeness (QED) is 0.584. The Labute approximate surface area is 101 Å². The van der Waals surface area contributed by atoms with Gasteiger partial charge in [-0.1, -0.05) is 0 Å². The summed E-state index contributed by atoms with van der Waals surface area (Å²) < 4.78 is 0. The summed E-state index contributed by atoms with van der Waals surface area (Å²) in [4.78, 5) is 26.7. The zero-order valence-electron chi connectivity index (χ0n) is 9.08. The molecule has 1 aromatic heterocycles. The number of aliphatic carboxylic acids is 1. The minimum Gasteiger partial charge on any atom is -0.480 e. The zero-order valence-corrected chi connectivity index (χ0v) is 9.90. The Hall–Kier alpha value is -1.67. The molecule has 2 amide bonds. The van der Waals surface area contributed by atoms with Crippen LogP contribution >= 0.6 is 11.3 Å². The number of nitrogens with zero attached hydrogens (tertiary/aromatic N) is 1. The summed E-state index contributed by atoms with van der Waals surface area (Å²) in [6.45, 7) is 1.56. The molecule has 17 heavy (non-hydrogen) atoms. The Kier molecular flexibility index (Phi) is 4.85. The number of carboxylic acid groups (broad SMARTS) is 1. The predicted molar refractivity (Wildman–Crippen MR) is 60.6 cm³/mol. The summed E-state index contributed by atoms with van der Waals surface area (Å²) in [6.07, 6.45) is 0.440. The van der Waals surface area contributed by atoms with Gasteiger partial charge in [-0.05, 0) is 6.92 Å². The Morgan fingerprint density at radius 2 is 2.29 bits per heavy atom. The third kappa shape index (κ3) is 4.37. The number of aliphatic hydroxyl groups is 1. The minimum atomic E-state index is -1.32. The van der Waals surface area contributed by atoms with E-state index in [-0.39, 0.29) is 6.54 Å². The van der Waals surface area contributed by atoms with Crippen LogP contribution in [0.15, 0.2) is 11.7 Å². The van der Waals surface area contributed by atoms with Gasteiger partial charge in [-0.15, -0.1) is 11.3 Å². The Morgan fingerprint density at radius 3 is 2.76 bits per heavy atom. The normalized spacial score (nSPS) is 13.8. The smallest absolute Gasteiger partial charge is 0.328 e. The second kappa shape index (κ2) is 6.16. The van der Waals surface area contributed by atoms with Crippen molar-refractivity contribution in [1.29, 1.82) is 0 Å². The van der Waals surface area contributed by atoms with Crippen molar-refractivity contribution < 1.29 is 19.8 Å². The first-order valence-electron chi connectivity index (χ1n) is 4.83. The molecule has 4 N–H and O–H groups in total. The summed E-state index contributed by atoms with van der Waals surface area (Å²) in [5, 5.41) is 22.5. The maximum absolute atomic E-state index is 11.3. The zero-order chi connectivity index (χ0) is 12.8. The van der Waals surface area contributed by atoms with Crippen molar-refractivity contribution in [2.45, 2.75) is 25.6 Å². The summed E-state index contributed by atoms with van der Waals surface area (Å²) in [5.74, 6) is -1.28. The van der Waals surface area contributed by atoms with Gasteiger partial charge >= 0.3 is 12.0 Å². The number of rotatable bonds is 5. The lowest BCUT2D eigenvalue weighted by Crippen LogP contribution is -2.50. The highest BCUT2D eigenvalue weighted by Gasteiger charge is 2.24. The standard InChI is InChI=1S/C9H13N3O4S/c1-5(13)7(8(14)15)12-9(16)11-3-6-2-10-4-17-6/h2,4-5,7,13H,3H2,1H3,(H,14,15)(H2,11,12,16)/t5-,7+/m1/s1. The van der Waals surface area contributed by atoms with Crippen LogP contribution in [0.3, 0.4) is 0 Å². The fourth-order valence-electron chi connectivity index (χ4n) is 1.08. The van der Waals surface area contributed by atoms with E-state index in [0.717, 1.165) is 4.88 Å². The second-order valence-electron chi connectivity index (χ2n) is 3.35. The summed E-state index contributed by atoms with van der Waals surface area (Å²) >= 11 is 1.38. The van der Waals surface area contributed by atoms with Crippen LogP contribution in [0, 0.1) is 0 Å². The van der Waals surface area contributed by atoms with Crippen LogP contribution in [0.25, 0.3) is 0 Å². The fourth-order valence-corrected chi connectivity index (χ4v) is 1.61. The monoisotopic (exact) mass is 259 g/mol. The van der Waals surface area contributed by atoms with Crippen molar-refractivity contribution in [3.05, 3.63) is 16.6 Å². The number of aliphatic hydroxyl groups excluding tert-OH is 1. The predicted octanol–water partition coefficient (Wildman–Crippen LogP) is -0.224. The van der Waals surface area contributed by atoms with Gasteiger partial charge < -0.3 is 20.8 Å². The van der Waals surface area contributed by atoms with E-state index < -0.39 is 24.1 Å². The Bertz CT molecular complexity index is 380. The van der Waals surface area contributed by atoms with Gasteiger partial charge in [-0.25, -0.2) is 9.59 Å². The molecule has 0 aliphatic heterocycles. The summed E-state index contributed by atoms with van der Waals surface area (Å²) in [6, 6.07) is -1.97. The molecule has 1 rings (SSSR count). The number of hydrogen-bond acceptors (Lipinski definition) is 5. The van der Waals surface area contributed by atoms with Gasteiger partial charge in [0.25, 0.3) is 0 Å². The number of carboxylic acids is 1. The number of hydrogen-bond donors (Lipinski definition) is 4. The first kappa shape index (κ1) is 13.4. The number of nitrogens with one attached hydrogen (secondary N) is 2. The molecule has 0 saturated heterocycles. The van der Waals surface area contributed by atoms with Gasteiger partial charge in [0, 0.05) is 11.1 Å². The summed E-state index contributed by atoms with van der Waals surface area (Å²) in [7, 11) is 0. The maximum atomic E-state index is 11.3. The molecule has 0 saturated carbocycles. The lowest BCUT2D eigenvalue weighted by Gasteiger charge is -2.17. The van der Waals surface area contributed by atoms with Gasteiger partial charge in [0.15, 0.2) is 6.04 Å². The van der Waals surface area contributed by atoms with E-state index in [1.165, 1.54) is 18.3 Å². The molecule has 0 aliphatic carbocycles. The molecule has 94 valence electrons. The van der Waals surface area contributed by atoms with E-state index in [0.29, 0.717) is 0 Å². The third-order valence-corrected chi connectivity index (χ3v) is 2.72. The number of thiazole rings is 1. The largest absolute Gasteiger partial charge is 0.480 e. The number of carbonyl (C=O) groups is 2. The maximum Gasteiger partial charge on any atom is 0.328 e. The van der Waals surface area contributed by atoms with Crippen molar-refractivity contribution >= 4 is 23.3 Å². The van der Waals surface area contributed by atoms with Crippen LogP contribution in [0.4, 0.5) is 4.79 Å². The molecule has 0 radical (unpaired) electrons. The lowest BCUT2D eigenvalue weighted by atomic mass is 10.2. The lowest BCUT2D eigenvalue weighted by molar-refractivity contribution is -0.141. The van der Waals surface area contributed by atoms with E-state index >= 15 is 0 Å². The average molecular weight is 259 g/mol. The molecule has 0 aromatic carbocycles. The van der Waals surface area contributed by atoms with Crippen LogP contribution in [0.2, 0.25) is 0 Å². The van der Waals surface area contributed by atoms with Gasteiger partial charge in [-0.3, -0.25) is 4.98 Å². The molecule has 1 aromatic rings. The van der Waals surface area contributed by atoms with Crippen molar-refractivity contribution in [1.82, 2.24) is 15.6 Å². The van der Waals surface area contributed by atoms with Crippen molar-refractivity contribution in [2.75, 3.05) is 0 Å². The Morgan fingerprint density at radius 1 is 1.59 bits per heavy atom. The number of urea groups is 1. The second-order valence-corrected chi connectivity index (χ2v) is 4.32. The SMILES string of the molecule is C[C@@H](O)[C@H](NC(=O)NCc1cncs1)C(=O)O. The molecular weight excluding hydrogens is 246 g/mol. The number of aromatic nitrogens is 1. The minimum absolute atomic E-state index is 0.267. The van der Waals surface area contributed by atoms with Crippen molar-refractivity contribution in [2.24, 2.45) is 0 Å². The van der Waals surface area contributed by atoms with Gasteiger partial charge in [0.1, 0.15) is 0 Å².